The highest BCUT2D eigenvalue weighted by Gasteiger charge is 2.25. The fourth-order valence-electron chi connectivity index (χ4n) is 1.18. The van der Waals surface area contributed by atoms with Crippen molar-refractivity contribution >= 4 is 17.5 Å². The van der Waals surface area contributed by atoms with Crippen LogP contribution in [0.3, 0.4) is 0 Å². The third-order valence-electron chi connectivity index (χ3n) is 2.04. The lowest BCUT2D eigenvalue weighted by Gasteiger charge is -2.06. The monoisotopic (exact) mass is 281 g/mol. The molecule has 0 spiro atoms. The van der Waals surface area contributed by atoms with Gasteiger partial charge in [-0.25, -0.2) is 0 Å². The van der Waals surface area contributed by atoms with Crippen molar-refractivity contribution in [1.29, 1.82) is 0 Å². The van der Waals surface area contributed by atoms with Crippen molar-refractivity contribution in [2.75, 3.05) is 6.54 Å². The number of unbranched alkanes of at least 4 members (excludes halogenated alkanes) is 1. The summed E-state index contributed by atoms with van der Waals surface area (Å²) in [7, 11) is 0. The zero-order valence-corrected chi connectivity index (χ0v) is 10.1. The summed E-state index contributed by atoms with van der Waals surface area (Å²) < 4.78 is 35.5. The van der Waals surface area contributed by atoms with Crippen LogP contribution in [0.1, 0.15) is 29.8 Å². The van der Waals surface area contributed by atoms with E-state index >= 15 is 0 Å². The van der Waals surface area contributed by atoms with Gasteiger partial charge in [-0.3, -0.25) is 4.79 Å². The molecule has 100 valence electrons. The molecule has 1 aromatic heterocycles. The van der Waals surface area contributed by atoms with Gasteiger partial charge in [0.1, 0.15) is 0 Å². The summed E-state index contributed by atoms with van der Waals surface area (Å²) in [6.45, 7) is 0.166. The molecule has 1 heterocycles. The fourth-order valence-corrected chi connectivity index (χ4v) is 1.28. The molecule has 1 rings (SSSR count). The zero-order chi connectivity index (χ0) is 13.6. The highest BCUT2D eigenvalue weighted by atomic mass is 35.5. The van der Waals surface area contributed by atoms with Crippen LogP contribution >= 0.6 is 11.6 Å². The standard InChI is InChI=1S/C10H11ClF3N3O/c11-8-4-3-7(16-17-8)9(18)15-6-2-1-5-10(12,13)14/h3-4H,1-2,5-6H2,(H,15,18). The van der Waals surface area contributed by atoms with Crippen LogP contribution in [0.2, 0.25) is 5.15 Å². The highest BCUT2D eigenvalue weighted by Crippen LogP contribution is 2.21. The molecule has 0 atom stereocenters. The maximum atomic E-state index is 11.8. The number of nitrogens with one attached hydrogen (secondary N) is 1. The summed E-state index contributed by atoms with van der Waals surface area (Å²) in [4.78, 5) is 11.4. The first kappa shape index (κ1) is 14.7. The molecule has 0 aromatic carbocycles. The Labute approximate surface area is 107 Å². The summed E-state index contributed by atoms with van der Waals surface area (Å²) in [6, 6.07) is 2.80. The van der Waals surface area contributed by atoms with Crippen molar-refractivity contribution in [2.24, 2.45) is 0 Å². The molecule has 0 radical (unpaired) electrons. The maximum Gasteiger partial charge on any atom is 0.389 e. The Morgan fingerprint density at radius 1 is 1.28 bits per heavy atom. The molecule has 1 N–H and O–H groups in total. The molecule has 0 aliphatic carbocycles. The average molecular weight is 282 g/mol. The summed E-state index contributed by atoms with van der Waals surface area (Å²) in [6.07, 6.45) is -4.75. The van der Waals surface area contributed by atoms with Crippen LogP contribution in [0.15, 0.2) is 12.1 Å². The summed E-state index contributed by atoms with van der Waals surface area (Å²) >= 11 is 5.49. The summed E-state index contributed by atoms with van der Waals surface area (Å²) in [5.74, 6) is -0.480. The Morgan fingerprint density at radius 2 is 2.00 bits per heavy atom. The first-order chi connectivity index (χ1) is 8.38. The third kappa shape index (κ3) is 5.81. The number of alkyl halides is 3. The first-order valence-electron chi connectivity index (χ1n) is 5.23. The van der Waals surface area contributed by atoms with Gasteiger partial charge in [0.25, 0.3) is 5.91 Å². The van der Waals surface area contributed by atoms with Crippen LogP contribution < -0.4 is 5.32 Å². The van der Waals surface area contributed by atoms with Crippen molar-refractivity contribution in [3.63, 3.8) is 0 Å². The Morgan fingerprint density at radius 3 is 2.56 bits per heavy atom. The van der Waals surface area contributed by atoms with E-state index in [0.29, 0.717) is 0 Å². The number of carbonyl (C=O) groups is 1. The molecule has 1 aromatic rings. The normalized spacial score (nSPS) is 11.3. The van der Waals surface area contributed by atoms with E-state index in [1.807, 2.05) is 0 Å². The molecular formula is C10H11ClF3N3O. The van der Waals surface area contributed by atoms with Gasteiger partial charge < -0.3 is 5.32 Å². The molecule has 0 saturated carbocycles. The van der Waals surface area contributed by atoms with E-state index in [4.69, 9.17) is 11.6 Å². The van der Waals surface area contributed by atoms with Crippen molar-refractivity contribution in [1.82, 2.24) is 15.5 Å². The van der Waals surface area contributed by atoms with Gasteiger partial charge in [-0.05, 0) is 25.0 Å². The van der Waals surface area contributed by atoms with Crippen molar-refractivity contribution in [2.45, 2.75) is 25.4 Å². The van der Waals surface area contributed by atoms with Gasteiger partial charge in [-0.2, -0.15) is 13.2 Å². The van der Waals surface area contributed by atoms with Crippen LogP contribution in [0.5, 0.6) is 0 Å². The van der Waals surface area contributed by atoms with E-state index < -0.39 is 18.5 Å². The molecule has 1 amide bonds. The number of nitrogens with zero attached hydrogens (tertiary/aromatic N) is 2. The van der Waals surface area contributed by atoms with Crippen molar-refractivity contribution in [3.05, 3.63) is 23.0 Å². The Bertz CT molecular complexity index is 394. The molecule has 4 nitrogen and oxygen atoms in total. The second kappa shape index (κ2) is 6.53. The lowest BCUT2D eigenvalue weighted by Crippen LogP contribution is -2.25. The molecular weight excluding hydrogens is 271 g/mol. The predicted molar refractivity (Wildman–Crippen MR) is 59.3 cm³/mol. The summed E-state index contributed by atoms with van der Waals surface area (Å²) in [5, 5.41) is 9.64. The van der Waals surface area contributed by atoms with E-state index in [2.05, 4.69) is 15.5 Å². The molecule has 0 saturated heterocycles. The van der Waals surface area contributed by atoms with E-state index in [9.17, 15) is 18.0 Å². The summed E-state index contributed by atoms with van der Waals surface area (Å²) in [5.41, 5.74) is 0.0789. The van der Waals surface area contributed by atoms with Crippen LogP contribution in [-0.2, 0) is 0 Å². The van der Waals surface area contributed by atoms with Crippen molar-refractivity contribution in [3.8, 4) is 0 Å². The Kier molecular flexibility index (Phi) is 5.33. The highest BCUT2D eigenvalue weighted by molar-refractivity contribution is 6.29. The van der Waals surface area contributed by atoms with Gasteiger partial charge in [0, 0.05) is 13.0 Å². The van der Waals surface area contributed by atoms with Crippen LogP contribution in [0, 0.1) is 0 Å². The second-order valence-electron chi connectivity index (χ2n) is 3.57. The van der Waals surface area contributed by atoms with Gasteiger partial charge in [-0.15, -0.1) is 10.2 Å². The van der Waals surface area contributed by atoms with Gasteiger partial charge in [0.2, 0.25) is 0 Å². The molecule has 0 unspecified atom stereocenters. The zero-order valence-electron chi connectivity index (χ0n) is 9.30. The van der Waals surface area contributed by atoms with E-state index in [1.165, 1.54) is 12.1 Å². The fraction of sp³-hybridized carbons (Fsp3) is 0.500. The number of aromatic nitrogens is 2. The maximum absolute atomic E-state index is 11.8. The smallest absolute Gasteiger partial charge is 0.351 e. The minimum Gasteiger partial charge on any atom is -0.351 e. The molecule has 0 aliphatic heterocycles. The molecule has 0 fully saturated rings. The van der Waals surface area contributed by atoms with E-state index in [-0.39, 0.29) is 30.2 Å². The van der Waals surface area contributed by atoms with Gasteiger partial charge in [0.05, 0.1) is 0 Å². The number of amides is 1. The molecule has 0 bridgehead atoms. The minimum absolute atomic E-state index is 0.0178. The number of hydrogen-bond acceptors (Lipinski definition) is 3. The second-order valence-corrected chi connectivity index (χ2v) is 3.96. The van der Waals surface area contributed by atoms with Crippen LogP contribution in [0.4, 0.5) is 13.2 Å². The predicted octanol–water partition coefficient (Wildman–Crippen LogP) is 2.59. The SMILES string of the molecule is O=C(NCCCCC(F)(F)F)c1ccc(Cl)nn1. The minimum atomic E-state index is -4.15. The first-order valence-corrected chi connectivity index (χ1v) is 5.60. The quantitative estimate of drug-likeness (QED) is 0.844. The lowest BCUT2D eigenvalue weighted by atomic mass is 10.2. The van der Waals surface area contributed by atoms with Gasteiger partial charge >= 0.3 is 6.18 Å². The lowest BCUT2D eigenvalue weighted by molar-refractivity contribution is -0.135. The van der Waals surface area contributed by atoms with Gasteiger partial charge in [0.15, 0.2) is 10.8 Å². The number of rotatable bonds is 5. The molecule has 8 heteroatoms. The average Bonchev–Trinajstić information content (AvgIpc) is 2.27. The Hall–Kier alpha value is -1.37. The molecule has 0 aliphatic rings. The largest absolute Gasteiger partial charge is 0.389 e. The topological polar surface area (TPSA) is 54.9 Å². The van der Waals surface area contributed by atoms with E-state index in [1.54, 1.807) is 0 Å². The number of carbonyl (C=O) groups excluding carboxylic acids is 1. The van der Waals surface area contributed by atoms with Crippen LogP contribution in [-0.4, -0.2) is 28.8 Å². The van der Waals surface area contributed by atoms with Gasteiger partial charge in [-0.1, -0.05) is 11.6 Å². The molecule has 18 heavy (non-hydrogen) atoms. The number of hydrogen-bond donors (Lipinski definition) is 1. The van der Waals surface area contributed by atoms with Crippen molar-refractivity contribution < 1.29 is 18.0 Å². The number of halogens is 4. The van der Waals surface area contributed by atoms with Crippen LogP contribution in [0.25, 0.3) is 0 Å². The van der Waals surface area contributed by atoms with E-state index in [0.717, 1.165) is 0 Å². The third-order valence-corrected chi connectivity index (χ3v) is 2.24. The Balaban J connectivity index is 2.24.